The van der Waals surface area contributed by atoms with E-state index in [4.69, 9.17) is 0 Å². The number of benzene rings is 1. The molecular formula is C13H17NO. The number of phenolic OH excluding ortho intramolecular Hbond substituents is 1. The maximum Gasteiger partial charge on any atom is 0.121 e. The number of hydrogen-bond acceptors (Lipinski definition) is 2. The van der Waals surface area contributed by atoms with Crippen molar-refractivity contribution >= 4 is 5.69 Å². The Bertz CT molecular complexity index is 375. The standard InChI is InChI=1S/C13H17NO/c15-12-8-4-7-11-13(12)9-5-2-1-3-6-10(9)14-11/h4,7-10,14-15H,1-3,5-6H2. The average molecular weight is 203 g/mol. The first-order chi connectivity index (χ1) is 7.36. The molecule has 1 aliphatic carbocycles. The summed E-state index contributed by atoms with van der Waals surface area (Å²) in [4.78, 5) is 0. The van der Waals surface area contributed by atoms with Crippen LogP contribution in [0.2, 0.25) is 0 Å². The molecule has 0 spiro atoms. The van der Waals surface area contributed by atoms with Crippen molar-refractivity contribution in [3.8, 4) is 5.75 Å². The summed E-state index contributed by atoms with van der Waals surface area (Å²) in [6, 6.07) is 6.39. The molecule has 2 nitrogen and oxygen atoms in total. The Balaban J connectivity index is 2.02. The Morgan fingerprint density at radius 1 is 1.13 bits per heavy atom. The van der Waals surface area contributed by atoms with Gasteiger partial charge in [-0.3, -0.25) is 0 Å². The molecule has 15 heavy (non-hydrogen) atoms. The zero-order valence-corrected chi connectivity index (χ0v) is 8.87. The van der Waals surface area contributed by atoms with Crippen LogP contribution in [0.3, 0.4) is 0 Å². The molecule has 2 unspecified atom stereocenters. The van der Waals surface area contributed by atoms with Gasteiger partial charge in [0.2, 0.25) is 0 Å². The van der Waals surface area contributed by atoms with Gasteiger partial charge in [-0.1, -0.05) is 25.3 Å². The summed E-state index contributed by atoms with van der Waals surface area (Å²) >= 11 is 0. The zero-order valence-electron chi connectivity index (χ0n) is 8.87. The lowest BCUT2D eigenvalue weighted by Crippen LogP contribution is -2.18. The number of anilines is 1. The second kappa shape index (κ2) is 3.44. The van der Waals surface area contributed by atoms with Crippen LogP contribution in [-0.2, 0) is 0 Å². The normalized spacial score (nSPS) is 28.8. The fourth-order valence-electron chi connectivity index (χ4n) is 3.09. The smallest absolute Gasteiger partial charge is 0.121 e. The molecule has 3 rings (SSSR count). The van der Waals surface area contributed by atoms with Crippen LogP contribution in [-0.4, -0.2) is 11.1 Å². The van der Waals surface area contributed by atoms with Crippen molar-refractivity contribution in [2.75, 3.05) is 5.32 Å². The number of rotatable bonds is 0. The van der Waals surface area contributed by atoms with Gasteiger partial charge in [-0.15, -0.1) is 0 Å². The minimum absolute atomic E-state index is 0.481. The molecule has 0 amide bonds. The molecule has 2 atom stereocenters. The predicted molar refractivity (Wildman–Crippen MR) is 61.3 cm³/mol. The number of hydrogen-bond donors (Lipinski definition) is 2. The third-order valence-corrected chi connectivity index (χ3v) is 3.81. The summed E-state index contributed by atoms with van der Waals surface area (Å²) in [6.07, 6.45) is 6.44. The molecule has 1 saturated carbocycles. The van der Waals surface area contributed by atoms with E-state index >= 15 is 0 Å². The summed E-state index contributed by atoms with van der Waals surface area (Å²) in [5.41, 5.74) is 2.33. The van der Waals surface area contributed by atoms with E-state index in [0.717, 1.165) is 5.69 Å². The van der Waals surface area contributed by atoms with Crippen molar-refractivity contribution in [2.45, 2.75) is 44.1 Å². The molecule has 80 valence electrons. The highest BCUT2D eigenvalue weighted by Gasteiger charge is 2.34. The number of fused-ring (bicyclic) bond motifs is 3. The number of aromatic hydroxyl groups is 1. The molecule has 1 fully saturated rings. The van der Waals surface area contributed by atoms with Gasteiger partial charge in [0.25, 0.3) is 0 Å². The van der Waals surface area contributed by atoms with Gasteiger partial charge in [-0.05, 0) is 25.0 Å². The summed E-state index contributed by atoms with van der Waals surface area (Å²) in [7, 11) is 0. The molecule has 0 saturated heterocycles. The van der Waals surface area contributed by atoms with Crippen LogP contribution in [0.5, 0.6) is 5.75 Å². The summed E-state index contributed by atoms with van der Waals surface area (Å²) in [5, 5.41) is 13.5. The first kappa shape index (κ1) is 9.08. The van der Waals surface area contributed by atoms with Crippen molar-refractivity contribution in [1.29, 1.82) is 0 Å². The predicted octanol–water partition coefficient (Wildman–Crippen LogP) is 3.23. The maximum absolute atomic E-state index is 9.92. The Labute approximate surface area is 90.3 Å². The first-order valence-corrected chi connectivity index (χ1v) is 5.94. The van der Waals surface area contributed by atoms with Gasteiger partial charge >= 0.3 is 0 Å². The van der Waals surface area contributed by atoms with E-state index in [2.05, 4.69) is 11.4 Å². The second-order valence-electron chi connectivity index (χ2n) is 4.73. The van der Waals surface area contributed by atoms with E-state index in [-0.39, 0.29) is 0 Å². The van der Waals surface area contributed by atoms with Crippen LogP contribution in [0.15, 0.2) is 18.2 Å². The molecule has 1 heterocycles. The van der Waals surface area contributed by atoms with Crippen molar-refractivity contribution in [3.63, 3.8) is 0 Å². The van der Waals surface area contributed by atoms with Crippen LogP contribution >= 0.6 is 0 Å². The molecule has 0 aromatic heterocycles. The Hall–Kier alpha value is -1.18. The Morgan fingerprint density at radius 3 is 2.93 bits per heavy atom. The fraction of sp³-hybridized carbons (Fsp3) is 0.538. The largest absolute Gasteiger partial charge is 0.508 e. The summed E-state index contributed by atoms with van der Waals surface area (Å²) < 4.78 is 0. The van der Waals surface area contributed by atoms with Crippen molar-refractivity contribution in [3.05, 3.63) is 23.8 Å². The fourth-order valence-corrected chi connectivity index (χ4v) is 3.09. The van der Waals surface area contributed by atoms with Gasteiger partial charge in [0.1, 0.15) is 5.75 Å². The van der Waals surface area contributed by atoms with Gasteiger partial charge in [-0.25, -0.2) is 0 Å². The maximum atomic E-state index is 9.92. The Kier molecular flexibility index (Phi) is 2.08. The first-order valence-electron chi connectivity index (χ1n) is 5.94. The highest BCUT2D eigenvalue weighted by Crippen LogP contribution is 2.46. The minimum Gasteiger partial charge on any atom is -0.508 e. The molecule has 1 aromatic carbocycles. The molecule has 1 aliphatic heterocycles. The monoisotopic (exact) mass is 203 g/mol. The van der Waals surface area contributed by atoms with Crippen LogP contribution in [0, 0.1) is 0 Å². The number of nitrogens with one attached hydrogen (secondary N) is 1. The molecule has 2 N–H and O–H groups in total. The SMILES string of the molecule is Oc1cccc2c1C1CCCCCC1N2. The van der Waals surface area contributed by atoms with Crippen LogP contribution < -0.4 is 5.32 Å². The zero-order chi connectivity index (χ0) is 10.3. The van der Waals surface area contributed by atoms with Gasteiger partial charge in [-0.2, -0.15) is 0 Å². The molecule has 1 aromatic rings. The quantitative estimate of drug-likeness (QED) is 0.678. The van der Waals surface area contributed by atoms with Crippen LogP contribution in [0.4, 0.5) is 5.69 Å². The van der Waals surface area contributed by atoms with Gasteiger partial charge < -0.3 is 10.4 Å². The van der Waals surface area contributed by atoms with Crippen molar-refractivity contribution in [2.24, 2.45) is 0 Å². The average Bonchev–Trinajstić information content (AvgIpc) is 2.43. The third-order valence-electron chi connectivity index (χ3n) is 3.81. The lowest BCUT2D eigenvalue weighted by molar-refractivity contribution is 0.455. The van der Waals surface area contributed by atoms with Crippen molar-refractivity contribution in [1.82, 2.24) is 0 Å². The summed E-state index contributed by atoms with van der Waals surface area (Å²) in [5.74, 6) is 1.03. The highest BCUT2D eigenvalue weighted by molar-refractivity contribution is 5.64. The van der Waals surface area contributed by atoms with E-state index in [9.17, 15) is 5.11 Å². The third kappa shape index (κ3) is 1.39. The lowest BCUT2D eigenvalue weighted by atomic mass is 9.90. The van der Waals surface area contributed by atoms with E-state index < -0.39 is 0 Å². The molecule has 0 bridgehead atoms. The van der Waals surface area contributed by atoms with E-state index in [0.29, 0.717) is 17.7 Å². The van der Waals surface area contributed by atoms with Gasteiger partial charge in [0, 0.05) is 23.2 Å². The van der Waals surface area contributed by atoms with E-state index in [1.54, 1.807) is 0 Å². The molecule has 2 aliphatic rings. The number of phenols is 1. The van der Waals surface area contributed by atoms with Gasteiger partial charge in [0.15, 0.2) is 0 Å². The van der Waals surface area contributed by atoms with Crippen LogP contribution in [0.25, 0.3) is 0 Å². The van der Waals surface area contributed by atoms with E-state index in [1.165, 1.54) is 37.7 Å². The minimum atomic E-state index is 0.481. The molecule has 0 radical (unpaired) electrons. The topological polar surface area (TPSA) is 32.3 Å². The van der Waals surface area contributed by atoms with Gasteiger partial charge in [0.05, 0.1) is 0 Å². The second-order valence-corrected chi connectivity index (χ2v) is 4.73. The van der Waals surface area contributed by atoms with Crippen molar-refractivity contribution < 1.29 is 5.11 Å². The summed E-state index contributed by atoms with van der Waals surface area (Å²) in [6.45, 7) is 0. The molecular weight excluding hydrogens is 186 g/mol. The van der Waals surface area contributed by atoms with Crippen LogP contribution in [0.1, 0.15) is 43.6 Å². The Morgan fingerprint density at radius 2 is 2.00 bits per heavy atom. The van der Waals surface area contributed by atoms with E-state index in [1.807, 2.05) is 12.1 Å². The molecule has 2 heteroatoms. The highest BCUT2D eigenvalue weighted by atomic mass is 16.3. The lowest BCUT2D eigenvalue weighted by Gasteiger charge is -2.16.